The zero-order valence-electron chi connectivity index (χ0n) is 15.1. The van der Waals surface area contributed by atoms with Crippen LogP contribution in [0.25, 0.3) is 11.3 Å². The van der Waals surface area contributed by atoms with Gasteiger partial charge in [-0.15, -0.1) is 11.3 Å². The maximum absolute atomic E-state index is 13.9. The Kier molecular flexibility index (Phi) is 5.99. The molecule has 3 heterocycles. The summed E-state index contributed by atoms with van der Waals surface area (Å²) in [7, 11) is 0. The first kappa shape index (κ1) is 18.4. The average molecular weight is 386 g/mol. The molecule has 27 heavy (non-hydrogen) atoms. The van der Waals surface area contributed by atoms with Gasteiger partial charge in [-0.05, 0) is 35.7 Å². The number of rotatable bonds is 7. The van der Waals surface area contributed by atoms with Crippen LogP contribution in [-0.2, 0) is 11.3 Å². The SMILES string of the molecule is Fc1ccccc1-c1ccc(CNC[C@@H](c2cccs2)N2CCOCC2)o1. The molecule has 1 atom stereocenters. The highest BCUT2D eigenvalue weighted by Crippen LogP contribution is 2.27. The number of nitrogens with zero attached hydrogens (tertiary/aromatic N) is 1. The summed E-state index contributed by atoms with van der Waals surface area (Å²) < 4.78 is 25.2. The van der Waals surface area contributed by atoms with Crippen molar-refractivity contribution in [3.8, 4) is 11.3 Å². The van der Waals surface area contributed by atoms with Crippen molar-refractivity contribution in [1.82, 2.24) is 10.2 Å². The number of nitrogens with one attached hydrogen (secondary N) is 1. The van der Waals surface area contributed by atoms with Gasteiger partial charge in [-0.3, -0.25) is 4.90 Å². The summed E-state index contributed by atoms with van der Waals surface area (Å²) in [5.41, 5.74) is 0.494. The smallest absolute Gasteiger partial charge is 0.137 e. The van der Waals surface area contributed by atoms with Gasteiger partial charge in [0.1, 0.15) is 17.3 Å². The minimum atomic E-state index is -0.267. The Balaban J connectivity index is 1.38. The number of benzene rings is 1. The molecule has 3 aromatic rings. The number of furan rings is 1. The molecule has 2 aromatic heterocycles. The molecule has 0 aliphatic carbocycles. The first-order chi connectivity index (χ1) is 13.3. The van der Waals surface area contributed by atoms with E-state index < -0.39 is 0 Å². The summed E-state index contributed by atoms with van der Waals surface area (Å²) in [5, 5.41) is 5.62. The van der Waals surface area contributed by atoms with Crippen LogP contribution in [0.1, 0.15) is 16.7 Å². The van der Waals surface area contributed by atoms with E-state index in [9.17, 15) is 4.39 Å². The second kappa shape index (κ2) is 8.80. The van der Waals surface area contributed by atoms with Crippen LogP contribution in [0.5, 0.6) is 0 Å². The standard InChI is InChI=1S/C21H23FN2O2S/c22-18-5-2-1-4-17(18)20-8-7-16(26-20)14-23-15-19(21-6-3-13-27-21)24-9-11-25-12-10-24/h1-8,13,19,23H,9-12,14-15H2/t19-/m0/s1. The predicted octanol–water partition coefficient (Wildman–Crippen LogP) is 4.31. The zero-order chi connectivity index (χ0) is 18.5. The number of ether oxygens (including phenoxy) is 1. The third-order valence-electron chi connectivity index (χ3n) is 4.80. The van der Waals surface area contributed by atoms with Crippen molar-refractivity contribution in [3.63, 3.8) is 0 Å². The van der Waals surface area contributed by atoms with E-state index >= 15 is 0 Å². The normalized spacial score (nSPS) is 16.5. The van der Waals surface area contributed by atoms with E-state index in [1.54, 1.807) is 23.5 Å². The van der Waals surface area contributed by atoms with Crippen LogP contribution < -0.4 is 5.32 Å². The van der Waals surface area contributed by atoms with Crippen LogP contribution in [0.15, 0.2) is 58.3 Å². The van der Waals surface area contributed by atoms with Crippen molar-refractivity contribution < 1.29 is 13.5 Å². The molecule has 0 unspecified atom stereocenters. The van der Waals surface area contributed by atoms with Gasteiger partial charge in [0.25, 0.3) is 0 Å². The summed E-state index contributed by atoms with van der Waals surface area (Å²) in [5.74, 6) is 1.10. The van der Waals surface area contributed by atoms with Gasteiger partial charge < -0.3 is 14.5 Å². The Hall–Kier alpha value is -1.99. The second-order valence-corrected chi connectivity index (χ2v) is 7.54. The van der Waals surface area contributed by atoms with E-state index in [-0.39, 0.29) is 5.82 Å². The molecule has 0 radical (unpaired) electrons. The third kappa shape index (κ3) is 4.47. The molecule has 1 aliphatic rings. The van der Waals surface area contributed by atoms with E-state index in [2.05, 4.69) is 27.7 Å². The highest BCUT2D eigenvalue weighted by Gasteiger charge is 2.23. The first-order valence-electron chi connectivity index (χ1n) is 9.21. The van der Waals surface area contributed by atoms with E-state index in [1.165, 1.54) is 10.9 Å². The molecule has 0 saturated carbocycles. The summed E-state index contributed by atoms with van der Waals surface area (Å²) in [4.78, 5) is 3.82. The molecule has 1 saturated heterocycles. The van der Waals surface area contributed by atoms with Gasteiger partial charge in [-0.25, -0.2) is 4.39 Å². The van der Waals surface area contributed by atoms with Crippen molar-refractivity contribution in [2.75, 3.05) is 32.8 Å². The molecule has 0 amide bonds. The molecular formula is C21H23FN2O2S. The average Bonchev–Trinajstić information content (AvgIpc) is 3.39. The van der Waals surface area contributed by atoms with Crippen molar-refractivity contribution in [2.24, 2.45) is 0 Å². The van der Waals surface area contributed by atoms with Gasteiger partial charge in [0.2, 0.25) is 0 Å². The van der Waals surface area contributed by atoms with Crippen LogP contribution in [0.4, 0.5) is 4.39 Å². The molecule has 1 aliphatic heterocycles. The summed E-state index contributed by atoms with van der Waals surface area (Å²) in [6.07, 6.45) is 0. The van der Waals surface area contributed by atoms with Crippen LogP contribution in [0.3, 0.4) is 0 Å². The zero-order valence-corrected chi connectivity index (χ0v) is 15.9. The molecule has 142 valence electrons. The topological polar surface area (TPSA) is 37.6 Å². The van der Waals surface area contributed by atoms with Crippen molar-refractivity contribution >= 4 is 11.3 Å². The van der Waals surface area contributed by atoms with E-state index in [0.717, 1.165) is 38.6 Å². The number of hydrogen-bond donors (Lipinski definition) is 1. The summed E-state index contributed by atoms with van der Waals surface area (Å²) >= 11 is 1.79. The maximum atomic E-state index is 13.9. The van der Waals surface area contributed by atoms with E-state index in [1.807, 2.05) is 18.2 Å². The molecule has 6 heteroatoms. The van der Waals surface area contributed by atoms with Gasteiger partial charge >= 0.3 is 0 Å². The number of morpholine rings is 1. The van der Waals surface area contributed by atoms with Crippen molar-refractivity contribution in [3.05, 3.63) is 70.4 Å². The Morgan fingerprint density at radius 3 is 2.70 bits per heavy atom. The van der Waals surface area contributed by atoms with Gasteiger partial charge in [-0.2, -0.15) is 0 Å². The van der Waals surface area contributed by atoms with Gasteiger partial charge in [0.05, 0.1) is 31.4 Å². The molecule has 1 fully saturated rings. The molecule has 0 bridgehead atoms. The van der Waals surface area contributed by atoms with Crippen LogP contribution >= 0.6 is 11.3 Å². The van der Waals surface area contributed by atoms with Gasteiger partial charge in [0, 0.05) is 24.5 Å². The van der Waals surface area contributed by atoms with Gasteiger partial charge in [-0.1, -0.05) is 18.2 Å². The fourth-order valence-electron chi connectivity index (χ4n) is 3.39. The lowest BCUT2D eigenvalue weighted by Gasteiger charge is -2.34. The van der Waals surface area contributed by atoms with Crippen LogP contribution in [-0.4, -0.2) is 37.7 Å². The lowest BCUT2D eigenvalue weighted by Crippen LogP contribution is -2.42. The minimum absolute atomic E-state index is 0.267. The molecular weight excluding hydrogens is 363 g/mol. The quantitative estimate of drug-likeness (QED) is 0.657. The fraction of sp³-hybridized carbons (Fsp3) is 0.333. The summed E-state index contributed by atoms with van der Waals surface area (Å²) in [6, 6.07) is 15.0. The second-order valence-electron chi connectivity index (χ2n) is 6.56. The number of hydrogen-bond acceptors (Lipinski definition) is 5. The molecule has 4 rings (SSSR count). The minimum Gasteiger partial charge on any atom is -0.460 e. The van der Waals surface area contributed by atoms with Gasteiger partial charge in [0.15, 0.2) is 0 Å². The number of halogens is 1. The van der Waals surface area contributed by atoms with E-state index in [0.29, 0.717) is 23.9 Å². The number of thiophene rings is 1. The monoisotopic (exact) mass is 386 g/mol. The third-order valence-corrected chi connectivity index (χ3v) is 5.77. The molecule has 1 aromatic carbocycles. The van der Waals surface area contributed by atoms with Crippen molar-refractivity contribution in [2.45, 2.75) is 12.6 Å². The Morgan fingerprint density at radius 2 is 1.93 bits per heavy atom. The molecule has 0 spiro atoms. The highest BCUT2D eigenvalue weighted by molar-refractivity contribution is 7.10. The fourth-order valence-corrected chi connectivity index (χ4v) is 4.25. The van der Waals surface area contributed by atoms with Crippen molar-refractivity contribution in [1.29, 1.82) is 0 Å². The van der Waals surface area contributed by atoms with E-state index in [4.69, 9.17) is 9.15 Å². The Bertz CT molecular complexity index is 844. The molecule has 4 nitrogen and oxygen atoms in total. The Labute approximate surface area is 162 Å². The molecule has 1 N–H and O–H groups in total. The maximum Gasteiger partial charge on any atom is 0.137 e. The first-order valence-corrected chi connectivity index (χ1v) is 10.1. The van der Waals surface area contributed by atoms with Crippen LogP contribution in [0.2, 0.25) is 0 Å². The largest absolute Gasteiger partial charge is 0.460 e. The predicted molar refractivity (Wildman–Crippen MR) is 105 cm³/mol. The van der Waals surface area contributed by atoms with Crippen LogP contribution in [0, 0.1) is 5.82 Å². The Morgan fingerprint density at radius 1 is 1.07 bits per heavy atom. The highest BCUT2D eigenvalue weighted by atomic mass is 32.1. The lowest BCUT2D eigenvalue weighted by atomic mass is 10.1. The summed E-state index contributed by atoms with van der Waals surface area (Å²) in [6.45, 7) is 4.90. The lowest BCUT2D eigenvalue weighted by molar-refractivity contribution is 0.0167.